The van der Waals surface area contributed by atoms with E-state index >= 15 is 0 Å². The van der Waals surface area contributed by atoms with Gasteiger partial charge in [-0.05, 0) is 23.8 Å². The molecule has 4 rings (SSSR count). The monoisotopic (exact) mass is 427 g/mol. The molecule has 1 saturated heterocycles. The van der Waals surface area contributed by atoms with E-state index in [1.54, 1.807) is 26.0 Å². The lowest BCUT2D eigenvalue weighted by molar-refractivity contribution is -0.169. The summed E-state index contributed by atoms with van der Waals surface area (Å²) in [6.45, 7) is 3.73. The normalized spacial score (nSPS) is 23.5. The number of likely N-dealkylation sites (tertiary alicyclic amines) is 1. The number of piperidine rings is 1. The van der Waals surface area contributed by atoms with Gasteiger partial charge in [0, 0.05) is 16.0 Å². The maximum atomic E-state index is 13.3. The van der Waals surface area contributed by atoms with E-state index in [0.717, 1.165) is 10.0 Å². The Morgan fingerprint density at radius 1 is 1.07 bits per heavy atom. The SMILES string of the molecule is CC1(C)C(=O)N(Cc2ccccc2)C(=O)[C@H]2C(=O)Oc3ccc(Br)cc3[C@H]21. The second-order valence-corrected chi connectivity index (χ2v) is 8.41. The molecule has 2 aromatic carbocycles. The Morgan fingerprint density at radius 2 is 1.78 bits per heavy atom. The van der Waals surface area contributed by atoms with Crippen LogP contribution in [-0.4, -0.2) is 22.7 Å². The average Bonchev–Trinajstić information content (AvgIpc) is 2.64. The molecule has 0 radical (unpaired) electrons. The van der Waals surface area contributed by atoms with Crippen LogP contribution in [0.4, 0.5) is 0 Å². The van der Waals surface area contributed by atoms with Crippen molar-refractivity contribution in [2.75, 3.05) is 0 Å². The molecule has 0 aromatic heterocycles. The summed E-state index contributed by atoms with van der Waals surface area (Å²) in [5.74, 6) is -2.54. The number of nitrogens with zero attached hydrogens (tertiary/aromatic N) is 1. The lowest BCUT2D eigenvalue weighted by Gasteiger charge is -2.47. The van der Waals surface area contributed by atoms with Gasteiger partial charge in [-0.1, -0.05) is 60.1 Å². The molecule has 2 aromatic rings. The quantitative estimate of drug-likeness (QED) is 0.317. The van der Waals surface area contributed by atoms with Crippen molar-refractivity contribution in [1.29, 1.82) is 0 Å². The largest absolute Gasteiger partial charge is 0.426 e. The van der Waals surface area contributed by atoms with Gasteiger partial charge in [0.15, 0.2) is 0 Å². The van der Waals surface area contributed by atoms with E-state index in [2.05, 4.69) is 15.9 Å². The number of esters is 1. The molecule has 0 N–H and O–H groups in total. The van der Waals surface area contributed by atoms with Crippen molar-refractivity contribution < 1.29 is 19.1 Å². The van der Waals surface area contributed by atoms with Crippen molar-refractivity contribution in [3.63, 3.8) is 0 Å². The van der Waals surface area contributed by atoms with E-state index < -0.39 is 29.1 Å². The van der Waals surface area contributed by atoms with Gasteiger partial charge in [0.25, 0.3) is 0 Å². The maximum Gasteiger partial charge on any atom is 0.324 e. The molecule has 2 aliphatic rings. The Morgan fingerprint density at radius 3 is 2.48 bits per heavy atom. The van der Waals surface area contributed by atoms with Crippen LogP contribution in [-0.2, 0) is 20.9 Å². The second kappa shape index (κ2) is 6.30. The Bertz CT molecular complexity index is 954. The number of carbonyl (C=O) groups excluding carboxylic acids is 3. The van der Waals surface area contributed by atoms with Gasteiger partial charge in [-0.3, -0.25) is 19.3 Å². The number of halogens is 1. The molecule has 2 aliphatic heterocycles. The Balaban J connectivity index is 1.80. The van der Waals surface area contributed by atoms with Crippen molar-refractivity contribution >= 4 is 33.7 Å². The zero-order chi connectivity index (χ0) is 19.3. The molecule has 0 aliphatic carbocycles. The third-order valence-corrected chi connectivity index (χ3v) is 5.89. The summed E-state index contributed by atoms with van der Waals surface area (Å²) >= 11 is 3.43. The van der Waals surface area contributed by atoms with Crippen LogP contribution >= 0.6 is 15.9 Å². The minimum Gasteiger partial charge on any atom is -0.426 e. The van der Waals surface area contributed by atoms with Crippen LogP contribution in [0.1, 0.15) is 30.9 Å². The van der Waals surface area contributed by atoms with E-state index in [-0.39, 0.29) is 12.5 Å². The van der Waals surface area contributed by atoms with E-state index in [1.807, 2.05) is 36.4 Å². The first-order valence-corrected chi connectivity index (χ1v) is 9.51. The van der Waals surface area contributed by atoms with Gasteiger partial charge in [0.2, 0.25) is 11.8 Å². The summed E-state index contributed by atoms with van der Waals surface area (Å²) in [4.78, 5) is 40.3. The highest BCUT2D eigenvalue weighted by molar-refractivity contribution is 9.10. The smallest absolute Gasteiger partial charge is 0.324 e. The molecular formula is C21H18BrNO4. The summed E-state index contributed by atoms with van der Waals surface area (Å²) in [6.07, 6.45) is 0. The van der Waals surface area contributed by atoms with E-state index in [9.17, 15) is 14.4 Å². The summed E-state index contributed by atoms with van der Waals surface area (Å²) in [7, 11) is 0. The van der Waals surface area contributed by atoms with Crippen LogP contribution in [0.15, 0.2) is 53.0 Å². The number of hydrogen-bond donors (Lipinski definition) is 0. The van der Waals surface area contributed by atoms with Crippen molar-refractivity contribution in [3.05, 3.63) is 64.1 Å². The zero-order valence-corrected chi connectivity index (χ0v) is 16.5. The van der Waals surface area contributed by atoms with Crippen molar-refractivity contribution in [3.8, 4) is 5.75 Å². The first kappa shape index (κ1) is 17.9. The zero-order valence-electron chi connectivity index (χ0n) is 14.9. The lowest BCUT2D eigenvalue weighted by Crippen LogP contribution is -2.60. The molecule has 2 atom stereocenters. The molecule has 0 spiro atoms. The number of rotatable bonds is 2. The molecule has 27 heavy (non-hydrogen) atoms. The number of amides is 2. The van der Waals surface area contributed by atoms with Crippen LogP contribution in [0, 0.1) is 11.3 Å². The highest BCUT2D eigenvalue weighted by atomic mass is 79.9. The molecule has 138 valence electrons. The fourth-order valence-corrected chi connectivity index (χ4v) is 4.43. The molecule has 1 fully saturated rings. The standard InChI is InChI=1S/C21H18BrNO4/c1-21(2)17-14-10-13(22)8-9-15(14)27-19(25)16(17)18(24)23(20(21)26)11-12-6-4-3-5-7-12/h3-10,16-17H,11H2,1-2H3/t16-,17+/m0/s1. The van der Waals surface area contributed by atoms with Crippen LogP contribution in [0.2, 0.25) is 0 Å². The number of carbonyl (C=O) groups is 3. The number of imide groups is 1. The Labute approximate surface area is 165 Å². The van der Waals surface area contributed by atoms with Gasteiger partial charge in [0.1, 0.15) is 11.7 Å². The minimum atomic E-state index is -1.02. The van der Waals surface area contributed by atoms with Crippen molar-refractivity contribution in [2.45, 2.75) is 26.3 Å². The first-order chi connectivity index (χ1) is 12.8. The Kier molecular flexibility index (Phi) is 4.18. The maximum absolute atomic E-state index is 13.3. The van der Waals surface area contributed by atoms with E-state index in [1.165, 1.54) is 4.90 Å². The molecule has 0 bridgehead atoms. The summed E-state index contributed by atoms with van der Waals surface area (Å²) in [5, 5.41) is 0. The van der Waals surface area contributed by atoms with Crippen LogP contribution < -0.4 is 4.74 Å². The van der Waals surface area contributed by atoms with E-state index in [4.69, 9.17) is 4.74 Å². The molecular weight excluding hydrogens is 410 g/mol. The van der Waals surface area contributed by atoms with E-state index in [0.29, 0.717) is 11.3 Å². The fraction of sp³-hybridized carbons (Fsp3) is 0.286. The third-order valence-electron chi connectivity index (χ3n) is 5.39. The minimum absolute atomic E-state index is 0.143. The third kappa shape index (κ3) is 2.79. The highest BCUT2D eigenvalue weighted by Gasteiger charge is 2.59. The van der Waals surface area contributed by atoms with Gasteiger partial charge in [-0.25, -0.2) is 0 Å². The Hall–Kier alpha value is -2.47. The van der Waals surface area contributed by atoms with Gasteiger partial charge >= 0.3 is 5.97 Å². The molecule has 0 saturated carbocycles. The highest BCUT2D eigenvalue weighted by Crippen LogP contribution is 2.52. The number of hydrogen-bond acceptors (Lipinski definition) is 4. The predicted octanol–water partition coefficient (Wildman–Crippen LogP) is 3.66. The second-order valence-electron chi connectivity index (χ2n) is 7.50. The molecule has 5 nitrogen and oxygen atoms in total. The lowest BCUT2D eigenvalue weighted by atomic mass is 9.63. The molecule has 2 heterocycles. The van der Waals surface area contributed by atoms with Gasteiger partial charge in [0.05, 0.1) is 12.0 Å². The number of fused-ring (bicyclic) bond motifs is 3. The van der Waals surface area contributed by atoms with Crippen molar-refractivity contribution in [1.82, 2.24) is 4.90 Å². The summed E-state index contributed by atoms with van der Waals surface area (Å²) in [6, 6.07) is 14.6. The van der Waals surface area contributed by atoms with Crippen molar-refractivity contribution in [2.24, 2.45) is 11.3 Å². The summed E-state index contributed by atoms with van der Waals surface area (Å²) < 4.78 is 6.24. The number of ether oxygens (including phenoxy) is 1. The fourth-order valence-electron chi connectivity index (χ4n) is 4.06. The molecule has 6 heteroatoms. The topological polar surface area (TPSA) is 63.7 Å². The van der Waals surface area contributed by atoms with Crippen LogP contribution in [0.25, 0.3) is 0 Å². The van der Waals surface area contributed by atoms with Crippen LogP contribution in [0.3, 0.4) is 0 Å². The molecule has 0 unspecified atom stereocenters. The predicted molar refractivity (Wildman–Crippen MR) is 102 cm³/mol. The van der Waals surface area contributed by atoms with Gasteiger partial charge in [-0.15, -0.1) is 0 Å². The molecule has 2 amide bonds. The first-order valence-electron chi connectivity index (χ1n) is 8.71. The average molecular weight is 428 g/mol. The summed E-state index contributed by atoms with van der Waals surface area (Å²) in [5.41, 5.74) is 0.614. The van der Waals surface area contributed by atoms with Gasteiger partial charge in [-0.2, -0.15) is 0 Å². The number of benzene rings is 2. The van der Waals surface area contributed by atoms with Gasteiger partial charge < -0.3 is 4.74 Å². The van der Waals surface area contributed by atoms with Crippen LogP contribution in [0.5, 0.6) is 5.75 Å².